The Hall–Kier alpha value is -3.17. The fraction of sp³-hybridized carbons (Fsp3) is 0.200. The predicted molar refractivity (Wildman–Crippen MR) is 107 cm³/mol. The molecule has 0 radical (unpaired) electrons. The van der Waals surface area contributed by atoms with Crippen LogP contribution in [0.15, 0.2) is 50.5 Å². The molecule has 0 spiro atoms. The van der Waals surface area contributed by atoms with Gasteiger partial charge < -0.3 is 14.8 Å². The molecule has 3 rings (SSSR count). The fourth-order valence-corrected chi connectivity index (χ4v) is 3.52. The Kier molecular flexibility index (Phi) is 5.45. The average Bonchev–Trinajstić information content (AvgIpc) is 2.66. The van der Waals surface area contributed by atoms with Crippen molar-refractivity contribution in [1.82, 2.24) is 5.32 Å². The highest BCUT2D eigenvalue weighted by Gasteiger charge is 2.17. The van der Waals surface area contributed by atoms with Gasteiger partial charge in [0.2, 0.25) is 15.9 Å². The number of nitrogens with one attached hydrogen (secondary N) is 1. The number of aryl methyl sites for hydroxylation is 2. The third kappa shape index (κ3) is 4.30. The summed E-state index contributed by atoms with van der Waals surface area (Å²) < 4.78 is 27.9. The van der Waals surface area contributed by atoms with Crippen molar-refractivity contribution >= 4 is 26.9 Å². The summed E-state index contributed by atoms with van der Waals surface area (Å²) in [5, 5.41) is 18.2. The number of fused-ring (bicyclic) bond motifs is 1. The van der Waals surface area contributed by atoms with Gasteiger partial charge in [0.15, 0.2) is 0 Å². The van der Waals surface area contributed by atoms with Gasteiger partial charge in [0.05, 0.1) is 16.9 Å². The Balaban J connectivity index is 1.76. The molecule has 0 unspecified atom stereocenters. The average molecular weight is 416 g/mol. The second-order valence-corrected chi connectivity index (χ2v) is 8.28. The number of phenolic OH excluding ortho intramolecular Hbond substituents is 1. The number of nitrogens with two attached hydrogens (primary N) is 1. The van der Waals surface area contributed by atoms with Crippen molar-refractivity contribution in [2.24, 2.45) is 5.14 Å². The molecule has 0 aliphatic rings. The van der Waals surface area contributed by atoms with Gasteiger partial charge in [-0.15, -0.1) is 0 Å². The number of benzene rings is 2. The summed E-state index contributed by atoms with van der Waals surface area (Å²) in [6, 6.07) is 8.97. The first-order chi connectivity index (χ1) is 13.6. The first-order valence-corrected chi connectivity index (χ1v) is 10.3. The number of phenols is 1. The van der Waals surface area contributed by atoms with Gasteiger partial charge in [-0.2, -0.15) is 0 Å². The number of aromatic hydroxyl groups is 1. The van der Waals surface area contributed by atoms with Crippen molar-refractivity contribution in [3.8, 4) is 5.75 Å². The zero-order chi connectivity index (χ0) is 21.3. The summed E-state index contributed by atoms with van der Waals surface area (Å²) in [6.07, 6.45) is -0.167. The van der Waals surface area contributed by atoms with E-state index < -0.39 is 15.6 Å². The summed E-state index contributed by atoms with van der Waals surface area (Å²) >= 11 is 0. The molecule has 1 amide bonds. The van der Waals surface area contributed by atoms with E-state index in [1.807, 2.05) is 0 Å². The minimum Gasteiger partial charge on any atom is -0.508 e. The minimum atomic E-state index is -3.77. The van der Waals surface area contributed by atoms with E-state index in [2.05, 4.69) is 5.32 Å². The lowest BCUT2D eigenvalue weighted by Crippen LogP contribution is -2.27. The molecule has 2 aromatic carbocycles. The minimum absolute atomic E-state index is 0.0155. The number of carbonyl (C=O) groups excluding carboxylic acids is 1. The summed E-state index contributed by atoms with van der Waals surface area (Å²) in [7, 11) is -3.77. The van der Waals surface area contributed by atoms with Gasteiger partial charge in [-0.25, -0.2) is 18.4 Å². The number of rotatable bonds is 5. The van der Waals surface area contributed by atoms with Gasteiger partial charge in [-0.1, -0.05) is 12.1 Å². The number of amides is 1. The van der Waals surface area contributed by atoms with E-state index in [-0.39, 0.29) is 35.1 Å². The van der Waals surface area contributed by atoms with E-state index in [9.17, 15) is 23.1 Å². The second kappa shape index (κ2) is 7.69. The van der Waals surface area contributed by atoms with Crippen molar-refractivity contribution in [1.29, 1.82) is 0 Å². The molecule has 1 aromatic heterocycles. The number of primary sulfonamides is 1. The quantitative estimate of drug-likeness (QED) is 0.540. The molecule has 0 aliphatic heterocycles. The first-order valence-electron chi connectivity index (χ1n) is 8.71. The van der Waals surface area contributed by atoms with Crippen LogP contribution in [0.3, 0.4) is 0 Å². The lowest BCUT2D eigenvalue weighted by Gasteiger charge is -2.10. The summed E-state index contributed by atoms with van der Waals surface area (Å²) in [6.45, 7) is 3.53. The molecular weight excluding hydrogens is 396 g/mol. The third-order valence-electron chi connectivity index (χ3n) is 4.75. The number of hydrogen-bond acceptors (Lipinski definition) is 6. The molecule has 152 valence electrons. The smallest absolute Gasteiger partial charge is 0.340 e. The van der Waals surface area contributed by atoms with Crippen LogP contribution in [0, 0.1) is 13.8 Å². The zero-order valence-electron chi connectivity index (χ0n) is 15.9. The van der Waals surface area contributed by atoms with E-state index >= 15 is 0 Å². The zero-order valence-corrected chi connectivity index (χ0v) is 16.7. The van der Waals surface area contributed by atoms with Gasteiger partial charge in [0, 0.05) is 17.5 Å². The van der Waals surface area contributed by atoms with Gasteiger partial charge in [-0.3, -0.25) is 4.79 Å². The molecule has 0 saturated carbocycles. The van der Waals surface area contributed by atoms with Crippen LogP contribution in [0.25, 0.3) is 11.0 Å². The van der Waals surface area contributed by atoms with Gasteiger partial charge >= 0.3 is 5.63 Å². The number of sulfonamides is 1. The monoisotopic (exact) mass is 416 g/mol. The van der Waals surface area contributed by atoms with Crippen molar-refractivity contribution in [3.63, 3.8) is 0 Å². The second-order valence-electron chi connectivity index (χ2n) is 6.72. The molecule has 0 fully saturated rings. The maximum Gasteiger partial charge on any atom is 0.340 e. The van der Waals surface area contributed by atoms with Crippen molar-refractivity contribution in [3.05, 3.63) is 69.1 Å². The Labute approximate surface area is 167 Å². The van der Waals surface area contributed by atoms with E-state index in [1.54, 1.807) is 32.0 Å². The largest absolute Gasteiger partial charge is 0.508 e. The van der Waals surface area contributed by atoms with Crippen LogP contribution in [-0.2, 0) is 27.8 Å². The molecular formula is C20H20N2O6S. The van der Waals surface area contributed by atoms with Crippen LogP contribution in [0.5, 0.6) is 5.75 Å². The summed E-state index contributed by atoms with van der Waals surface area (Å²) in [4.78, 5) is 24.7. The van der Waals surface area contributed by atoms with Crippen molar-refractivity contribution in [2.45, 2.75) is 31.7 Å². The molecule has 9 heteroatoms. The Morgan fingerprint density at radius 1 is 1.10 bits per heavy atom. The van der Waals surface area contributed by atoms with E-state index in [4.69, 9.17) is 9.56 Å². The van der Waals surface area contributed by atoms with Gasteiger partial charge in [-0.05, 0) is 49.2 Å². The van der Waals surface area contributed by atoms with Gasteiger partial charge in [0.1, 0.15) is 11.3 Å². The SMILES string of the molecule is Cc1c(CC(=O)NCc2ccc(S(N)(=O)=O)cc2)c(=O)oc2c(C)c(O)ccc12. The number of hydrogen-bond donors (Lipinski definition) is 3. The van der Waals surface area contributed by atoms with E-state index in [0.29, 0.717) is 27.7 Å². The lowest BCUT2D eigenvalue weighted by atomic mass is 10.0. The Bertz CT molecular complexity index is 1260. The Morgan fingerprint density at radius 2 is 1.76 bits per heavy atom. The van der Waals surface area contributed by atoms with Gasteiger partial charge in [0.25, 0.3) is 0 Å². The van der Waals surface area contributed by atoms with Crippen LogP contribution >= 0.6 is 0 Å². The summed E-state index contributed by atoms with van der Waals surface area (Å²) in [5.41, 5.74) is 1.67. The maximum absolute atomic E-state index is 12.4. The fourth-order valence-electron chi connectivity index (χ4n) is 3.00. The topological polar surface area (TPSA) is 140 Å². The van der Waals surface area contributed by atoms with Crippen LogP contribution in [0.2, 0.25) is 0 Å². The normalized spacial score (nSPS) is 11.6. The molecule has 0 atom stereocenters. The molecule has 3 aromatic rings. The summed E-state index contributed by atoms with van der Waals surface area (Å²) in [5.74, 6) is -0.357. The van der Waals surface area contributed by atoms with Crippen molar-refractivity contribution in [2.75, 3.05) is 0 Å². The first kappa shape index (κ1) is 20.6. The molecule has 1 heterocycles. The standard InChI is InChI=1S/C20H20N2O6S/c1-11-15-7-8-17(23)12(2)19(15)28-20(25)16(11)9-18(24)22-10-13-3-5-14(6-4-13)29(21,26)27/h3-8,23H,9-10H2,1-2H3,(H,22,24)(H2,21,26,27). The number of carbonyl (C=O) groups is 1. The molecule has 8 nitrogen and oxygen atoms in total. The highest BCUT2D eigenvalue weighted by Crippen LogP contribution is 2.28. The van der Waals surface area contributed by atoms with E-state index in [1.165, 1.54) is 18.2 Å². The van der Waals surface area contributed by atoms with Crippen LogP contribution in [-0.4, -0.2) is 19.4 Å². The van der Waals surface area contributed by atoms with Crippen LogP contribution in [0.4, 0.5) is 0 Å². The van der Waals surface area contributed by atoms with Crippen LogP contribution < -0.4 is 16.1 Å². The molecule has 4 N–H and O–H groups in total. The highest BCUT2D eigenvalue weighted by molar-refractivity contribution is 7.89. The third-order valence-corrected chi connectivity index (χ3v) is 5.68. The molecule has 29 heavy (non-hydrogen) atoms. The lowest BCUT2D eigenvalue weighted by molar-refractivity contribution is -0.120. The predicted octanol–water partition coefficient (Wildman–Crippen LogP) is 1.62. The molecule has 0 bridgehead atoms. The highest BCUT2D eigenvalue weighted by atomic mass is 32.2. The van der Waals surface area contributed by atoms with Crippen molar-refractivity contribution < 1.29 is 22.7 Å². The molecule has 0 saturated heterocycles. The van der Waals surface area contributed by atoms with Crippen LogP contribution in [0.1, 0.15) is 22.3 Å². The van der Waals surface area contributed by atoms with E-state index in [0.717, 1.165) is 0 Å². The Morgan fingerprint density at radius 3 is 2.38 bits per heavy atom. The maximum atomic E-state index is 12.4. The molecule has 0 aliphatic carbocycles.